The van der Waals surface area contributed by atoms with Crippen LogP contribution in [0.3, 0.4) is 0 Å². The molecule has 0 aliphatic rings. The first-order valence-electron chi connectivity index (χ1n) is 3.80. The minimum Gasteiger partial charge on any atom is -0.481 e. The third kappa shape index (κ3) is 4.20. The van der Waals surface area contributed by atoms with E-state index in [1.807, 2.05) is 0 Å². The molecule has 6 nitrogen and oxygen atoms in total. The Bertz CT molecular complexity index is 274. The Hall–Kier alpha value is -0.660. The summed E-state index contributed by atoms with van der Waals surface area (Å²) in [5.74, 6) is -1.05. The molecule has 0 saturated carbocycles. The van der Waals surface area contributed by atoms with Crippen LogP contribution in [0.5, 0.6) is 0 Å². The van der Waals surface area contributed by atoms with E-state index in [4.69, 9.17) is 10.2 Å². The number of carboxylic acids is 1. The third-order valence-electron chi connectivity index (χ3n) is 1.60. The van der Waals surface area contributed by atoms with E-state index < -0.39 is 22.2 Å². The lowest BCUT2D eigenvalue weighted by molar-refractivity contribution is -0.137. The van der Waals surface area contributed by atoms with E-state index in [0.717, 1.165) is 4.31 Å². The van der Waals surface area contributed by atoms with Gasteiger partial charge in [-0.15, -0.1) is 0 Å². The van der Waals surface area contributed by atoms with E-state index in [2.05, 4.69) is 0 Å². The summed E-state index contributed by atoms with van der Waals surface area (Å²) < 4.78 is 22.7. The Morgan fingerprint density at radius 3 is 2.31 bits per heavy atom. The van der Waals surface area contributed by atoms with Gasteiger partial charge in [-0.25, -0.2) is 5.14 Å². The monoisotopic (exact) mass is 210 g/mol. The van der Waals surface area contributed by atoms with Gasteiger partial charge in [-0.05, 0) is 6.92 Å². The second-order valence-electron chi connectivity index (χ2n) is 2.70. The van der Waals surface area contributed by atoms with Crippen LogP contribution >= 0.6 is 0 Å². The number of rotatable bonds is 5. The fraction of sp³-hybridized carbons (Fsp3) is 0.833. The van der Waals surface area contributed by atoms with Crippen LogP contribution in [0.1, 0.15) is 20.3 Å². The van der Waals surface area contributed by atoms with Crippen molar-refractivity contribution in [1.29, 1.82) is 0 Å². The van der Waals surface area contributed by atoms with Crippen LogP contribution in [0.2, 0.25) is 0 Å². The average molecular weight is 210 g/mol. The summed E-state index contributed by atoms with van der Waals surface area (Å²) in [6, 6.07) is -0.613. The van der Waals surface area contributed by atoms with Crippen molar-refractivity contribution in [3.63, 3.8) is 0 Å². The molecule has 0 aliphatic carbocycles. The molecule has 0 saturated heterocycles. The lowest BCUT2D eigenvalue weighted by atomic mass is 10.2. The highest BCUT2D eigenvalue weighted by Gasteiger charge is 2.23. The van der Waals surface area contributed by atoms with E-state index in [0.29, 0.717) is 0 Å². The van der Waals surface area contributed by atoms with Gasteiger partial charge in [-0.1, -0.05) is 6.92 Å². The van der Waals surface area contributed by atoms with Gasteiger partial charge >= 0.3 is 5.97 Å². The molecule has 0 bridgehead atoms. The molecule has 0 spiro atoms. The quantitative estimate of drug-likeness (QED) is 0.631. The molecular formula is C6H14N2O4S. The SMILES string of the molecule is CCN(C(C)CC(=O)O)S(N)(=O)=O. The number of carbonyl (C=O) groups is 1. The number of nitrogens with two attached hydrogens (primary N) is 1. The van der Waals surface area contributed by atoms with Gasteiger partial charge in [0.2, 0.25) is 0 Å². The highest BCUT2D eigenvalue weighted by molar-refractivity contribution is 7.86. The third-order valence-corrected chi connectivity index (χ3v) is 2.87. The summed E-state index contributed by atoms with van der Waals surface area (Å²) in [4.78, 5) is 10.3. The van der Waals surface area contributed by atoms with E-state index in [1.165, 1.54) is 6.92 Å². The van der Waals surface area contributed by atoms with Crippen LogP contribution in [0.25, 0.3) is 0 Å². The smallest absolute Gasteiger partial charge is 0.304 e. The molecule has 0 aromatic carbocycles. The molecule has 0 aromatic rings. The summed E-state index contributed by atoms with van der Waals surface area (Å²) in [7, 11) is -3.79. The predicted octanol–water partition coefficient (Wildman–Crippen LogP) is -0.625. The normalized spacial score (nSPS) is 14.5. The molecule has 1 atom stereocenters. The van der Waals surface area contributed by atoms with Gasteiger partial charge in [0, 0.05) is 12.6 Å². The van der Waals surface area contributed by atoms with Crippen LogP contribution in [0, 0.1) is 0 Å². The largest absolute Gasteiger partial charge is 0.481 e. The average Bonchev–Trinajstić information content (AvgIpc) is 1.82. The van der Waals surface area contributed by atoms with Crippen LogP contribution in [-0.4, -0.2) is 36.4 Å². The van der Waals surface area contributed by atoms with Crippen LogP contribution in [0.4, 0.5) is 0 Å². The van der Waals surface area contributed by atoms with Crippen molar-refractivity contribution in [2.45, 2.75) is 26.3 Å². The zero-order valence-corrected chi connectivity index (χ0v) is 8.41. The van der Waals surface area contributed by atoms with Gasteiger partial charge in [0.25, 0.3) is 10.2 Å². The molecule has 0 amide bonds. The topological polar surface area (TPSA) is 101 Å². The van der Waals surface area contributed by atoms with Gasteiger partial charge in [-0.2, -0.15) is 12.7 Å². The molecule has 0 aromatic heterocycles. The second kappa shape index (κ2) is 4.54. The van der Waals surface area contributed by atoms with E-state index in [1.54, 1.807) is 6.92 Å². The highest BCUT2D eigenvalue weighted by Crippen LogP contribution is 2.06. The Kier molecular flexibility index (Phi) is 4.31. The summed E-state index contributed by atoms with van der Waals surface area (Å²) in [5.41, 5.74) is 0. The lowest BCUT2D eigenvalue weighted by Crippen LogP contribution is -2.43. The van der Waals surface area contributed by atoms with Crippen molar-refractivity contribution in [1.82, 2.24) is 4.31 Å². The zero-order valence-electron chi connectivity index (χ0n) is 7.60. The summed E-state index contributed by atoms with van der Waals surface area (Å²) >= 11 is 0. The maximum Gasteiger partial charge on any atom is 0.304 e. The minimum atomic E-state index is -3.79. The van der Waals surface area contributed by atoms with E-state index in [-0.39, 0.29) is 13.0 Å². The maximum atomic E-state index is 10.9. The first kappa shape index (κ1) is 12.3. The molecule has 0 rings (SSSR count). The first-order chi connectivity index (χ1) is 5.79. The standard InChI is InChI=1S/C6H14N2O4S/c1-3-8(13(7,11)12)5(2)4-6(9)10/h5H,3-4H2,1-2H3,(H,9,10)(H2,7,11,12). The van der Waals surface area contributed by atoms with E-state index in [9.17, 15) is 13.2 Å². The Balaban J connectivity index is 4.51. The molecule has 7 heteroatoms. The summed E-state index contributed by atoms with van der Waals surface area (Å²) in [6.07, 6.45) is -0.246. The Labute approximate surface area is 77.5 Å². The molecule has 78 valence electrons. The number of hydrogen-bond acceptors (Lipinski definition) is 3. The minimum absolute atomic E-state index is 0.174. The lowest BCUT2D eigenvalue weighted by Gasteiger charge is -2.23. The van der Waals surface area contributed by atoms with Crippen molar-refractivity contribution >= 4 is 16.2 Å². The molecule has 0 heterocycles. The Morgan fingerprint density at radius 1 is 1.62 bits per heavy atom. The molecular weight excluding hydrogens is 196 g/mol. The number of nitrogens with zero attached hydrogens (tertiary/aromatic N) is 1. The second-order valence-corrected chi connectivity index (χ2v) is 4.19. The predicted molar refractivity (Wildman–Crippen MR) is 47.2 cm³/mol. The molecule has 0 aliphatic heterocycles. The van der Waals surface area contributed by atoms with Crippen molar-refractivity contribution < 1.29 is 18.3 Å². The number of hydrogen-bond donors (Lipinski definition) is 2. The Morgan fingerprint density at radius 2 is 2.08 bits per heavy atom. The van der Waals surface area contributed by atoms with Crippen LogP contribution < -0.4 is 5.14 Å². The highest BCUT2D eigenvalue weighted by atomic mass is 32.2. The number of carboxylic acid groups (broad SMARTS) is 1. The van der Waals surface area contributed by atoms with E-state index >= 15 is 0 Å². The molecule has 0 fully saturated rings. The van der Waals surface area contributed by atoms with Gasteiger partial charge in [0.15, 0.2) is 0 Å². The number of aliphatic carboxylic acids is 1. The van der Waals surface area contributed by atoms with Crippen LogP contribution in [0.15, 0.2) is 0 Å². The molecule has 1 unspecified atom stereocenters. The fourth-order valence-corrected chi connectivity index (χ4v) is 2.03. The zero-order chi connectivity index (χ0) is 10.6. The maximum absolute atomic E-state index is 10.9. The summed E-state index contributed by atoms with van der Waals surface area (Å²) in [5, 5.41) is 13.3. The van der Waals surface area contributed by atoms with Gasteiger partial charge < -0.3 is 5.11 Å². The van der Waals surface area contributed by atoms with Gasteiger partial charge in [0.05, 0.1) is 6.42 Å². The van der Waals surface area contributed by atoms with Gasteiger partial charge in [-0.3, -0.25) is 4.79 Å². The van der Waals surface area contributed by atoms with Crippen molar-refractivity contribution in [3.8, 4) is 0 Å². The molecule has 3 N–H and O–H groups in total. The van der Waals surface area contributed by atoms with Crippen LogP contribution in [-0.2, 0) is 15.0 Å². The fourth-order valence-electron chi connectivity index (χ4n) is 1.10. The first-order valence-corrected chi connectivity index (χ1v) is 5.30. The van der Waals surface area contributed by atoms with Crippen molar-refractivity contribution in [2.24, 2.45) is 5.14 Å². The molecule has 0 radical (unpaired) electrons. The molecule has 13 heavy (non-hydrogen) atoms. The van der Waals surface area contributed by atoms with Gasteiger partial charge in [0.1, 0.15) is 0 Å². The van der Waals surface area contributed by atoms with Crippen molar-refractivity contribution in [2.75, 3.05) is 6.54 Å². The van der Waals surface area contributed by atoms with Crippen molar-refractivity contribution in [3.05, 3.63) is 0 Å². The summed E-state index contributed by atoms with van der Waals surface area (Å²) in [6.45, 7) is 3.28.